The molecule has 1 aliphatic heterocycles. The highest BCUT2D eigenvalue weighted by atomic mass is 79.9. The first kappa shape index (κ1) is 12.5. The van der Waals surface area contributed by atoms with Crippen LogP contribution in [0.15, 0.2) is 40.9 Å². The van der Waals surface area contributed by atoms with Gasteiger partial charge in [0, 0.05) is 22.3 Å². The van der Waals surface area contributed by atoms with Crippen LogP contribution in [0.25, 0.3) is 11.0 Å². The number of nitrogens with one attached hydrogen (secondary N) is 1. The highest BCUT2D eigenvalue weighted by molar-refractivity contribution is 9.10. The van der Waals surface area contributed by atoms with Gasteiger partial charge in [0.25, 0.3) is 5.91 Å². The summed E-state index contributed by atoms with van der Waals surface area (Å²) < 4.78 is 1.04. The molecule has 0 bridgehead atoms. The third-order valence-electron chi connectivity index (χ3n) is 3.75. The molecular formula is C15H11BrN4O. The van der Waals surface area contributed by atoms with Crippen LogP contribution in [0.4, 0.5) is 5.69 Å². The van der Waals surface area contributed by atoms with Crippen molar-refractivity contribution in [2.24, 2.45) is 0 Å². The first-order valence-electron chi connectivity index (χ1n) is 6.63. The van der Waals surface area contributed by atoms with Gasteiger partial charge in [0.2, 0.25) is 0 Å². The number of benzene rings is 2. The zero-order chi connectivity index (χ0) is 14.4. The normalized spacial score (nSPS) is 13.7. The number of aromatic amines is 1. The Balaban J connectivity index is 1.73. The summed E-state index contributed by atoms with van der Waals surface area (Å²) in [5, 5.41) is 10.6. The molecule has 0 saturated heterocycles. The standard InChI is InChI=1S/C15H11BrN4O/c16-11-2-4-14-9(7-11)5-6-20(14)15(21)10-1-3-12-13(8-10)18-19-17-12/h1-4,7-8H,5-6H2,(H,17,18,19). The fourth-order valence-electron chi connectivity index (χ4n) is 2.71. The average molecular weight is 343 g/mol. The second-order valence-corrected chi connectivity index (χ2v) is 5.92. The lowest BCUT2D eigenvalue weighted by atomic mass is 10.1. The second-order valence-electron chi connectivity index (χ2n) is 5.01. The summed E-state index contributed by atoms with van der Waals surface area (Å²) in [7, 11) is 0. The van der Waals surface area contributed by atoms with Crippen LogP contribution < -0.4 is 4.90 Å². The van der Waals surface area contributed by atoms with Gasteiger partial charge in [0.05, 0.1) is 0 Å². The summed E-state index contributed by atoms with van der Waals surface area (Å²) >= 11 is 3.47. The molecule has 0 aliphatic carbocycles. The summed E-state index contributed by atoms with van der Waals surface area (Å²) in [6.07, 6.45) is 0.882. The number of carbonyl (C=O) groups excluding carboxylic acids is 1. The number of amides is 1. The second kappa shape index (κ2) is 4.66. The molecule has 4 rings (SSSR count). The minimum absolute atomic E-state index is 0.000900. The van der Waals surface area contributed by atoms with E-state index in [0.717, 1.165) is 22.1 Å². The van der Waals surface area contributed by atoms with Crippen molar-refractivity contribution in [3.8, 4) is 0 Å². The summed E-state index contributed by atoms with van der Waals surface area (Å²) in [6, 6.07) is 11.4. The number of H-pyrrole nitrogens is 1. The quantitative estimate of drug-likeness (QED) is 0.739. The monoisotopic (exact) mass is 342 g/mol. The maximum absolute atomic E-state index is 12.7. The minimum Gasteiger partial charge on any atom is -0.308 e. The van der Waals surface area contributed by atoms with E-state index in [4.69, 9.17) is 0 Å². The molecule has 0 fully saturated rings. The Morgan fingerprint density at radius 2 is 2.00 bits per heavy atom. The van der Waals surface area contributed by atoms with Gasteiger partial charge in [-0.25, -0.2) is 0 Å². The third kappa shape index (κ3) is 2.03. The fraction of sp³-hybridized carbons (Fsp3) is 0.133. The van der Waals surface area contributed by atoms with Crippen LogP contribution in [-0.2, 0) is 6.42 Å². The number of carbonyl (C=O) groups is 1. The largest absolute Gasteiger partial charge is 0.308 e. The van der Waals surface area contributed by atoms with Crippen LogP contribution in [0.5, 0.6) is 0 Å². The Morgan fingerprint density at radius 1 is 1.14 bits per heavy atom. The molecule has 3 aromatic rings. The molecule has 0 unspecified atom stereocenters. The van der Waals surface area contributed by atoms with Crippen LogP contribution in [0.1, 0.15) is 15.9 Å². The number of hydrogen-bond acceptors (Lipinski definition) is 3. The number of rotatable bonds is 1. The van der Waals surface area contributed by atoms with Gasteiger partial charge in [-0.1, -0.05) is 15.9 Å². The molecule has 0 spiro atoms. The van der Waals surface area contributed by atoms with E-state index in [1.807, 2.05) is 23.1 Å². The summed E-state index contributed by atoms with van der Waals surface area (Å²) in [5.41, 5.74) is 4.28. The van der Waals surface area contributed by atoms with E-state index in [-0.39, 0.29) is 5.91 Å². The lowest BCUT2D eigenvalue weighted by molar-refractivity contribution is 0.0989. The highest BCUT2D eigenvalue weighted by Gasteiger charge is 2.25. The van der Waals surface area contributed by atoms with Crippen molar-refractivity contribution in [3.63, 3.8) is 0 Å². The zero-order valence-corrected chi connectivity index (χ0v) is 12.6. The summed E-state index contributed by atoms with van der Waals surface area (Å²) in [5.74, 6) is 0.000900. The van der Waals surface area contributed by atoms with E-state index >= 15 is 0 Å². The molecule has 1 aliphatic rings. The number of anilines is 1. The number of halogens is 1. The van der Waals surface area contributed by atoms with E-state index < -0.39 is 0 Å². The zero-order valence-electron chi connectivity index (χ0n) is 11.0. The van der Waals surface area contributed by atoms with Gasteiger partial charge < -0.3 is 4.90 Å². The van der Waals surface area contributed by atoms with E-state index in [1.165, 1.54) is 5.56 Å². The van der Waals surface area contributed by atoms with Crippen LogP contribution in [0.3, 0.4) is 0 Å². The van der Waals surface area contributed by atoms with Gasteiger partial charge in [0.1, 0.15) is 11.0 Å². The van der Waals surface area contributed by atoms with Crippen LogP contribution in [-0.4, -0.2) is 27.9 Å². The van der Waals surface area contributed by atoms with Crippen molar-refractivity contribution in [3.05, 3.63) is 52.0 Å². The molecule has 2 aromatic carbocycles. The SMILES string of the molecule is O=C(c1ccc2n[nH]nc2c1)N1CCc2cc(Br)ccc21. The molecule has 104 valence electrons. The van der Waals surface area contributed by atoms with Gasteiger partial charge in [-0.2, -0.15) is 15.4 Å². The maximum Gasteiger partial charge on any atom is 0.258 e. The summed E-state index contributed by atoms with van der Waals surface area (Å²) in [6.45, 7) is 0.710. The van der Waals surface area contributed by atoms with E-state index in [2.05, 4.69) is 37.4 Å². The van der Waals surface area contributed by atoms with Crippen LogP contribution in [0.2, 0.25) is 0 Å². The lowest BCUT2D eigenvalue weighted by Crippen LogP contribution is -2.28. The van der Waals surface area contributed by atoms with E-state index in [1.54, 1.807) is 12.1 Å². The number of nitrogens with zero attached hydrogens (tertiary/aromatic N) is 3. The summed E-state index contributed by atoms with van der Waals surface area (Å²) in [4.78, 5) is 14.5. The Hall–Kier alpha value is -2.21. The van der Waals surface area contributed by atoms with Gasteiger partial charge in [-0.05, 0) is 48.4 Å². The Morgan fingerprint density at radius 3 is 2.90 bits per heavy atom. The van der Waals surface area contributed by atoms with Crippen molar-refractivity contribution in [1.29, 1.82) is 0 Å². The van der Waals surface area contributed by atoms with Crippen molar-refractivity contribution in [1.82, 2.24) is 15.4 Å². The number of hydrogen-bond donors (Lipinski definition) is 1. The highest BCUT2D eigenvalue weighted by Crippen LogP contribution is 2.31. The molecule has 5 nitrogen and oxygen atoms in total. The molecular weight excluding hydrogens is 332 g/mol. The van der Waals surface area contributed by atoms with Crippen LogP contribution in [0, 0.1) is 0 Å². The van der Waals surface area contributed by atoms with Gasteiger partial charge >= 0.3 is 0 Å². The van der Waals surface area contributed by atoms with Crippen LogP contribution >= 0.6 is 15.9 Å². The number of fused-ring (bicyclic) bond motifs is 2. The van der Waals surface area contributed by atoms with Gasteiger partial charge in [0.15, 0.2) is 0 Å². The molecule has 1 aromatic heterocycles. The molecule has 2 heterocycles. The minimum atomic E-state index is 0.000900. The van der Waals surface area contributed by atoms with Crippen molar-refractivity contribution in [2.75, 3.05) is 11.4 Å². The van der Waals surface area contributed by atoms with Gasteiger partial charge in [-0.15, -0.1) is 0 Å². The predicted molar refractivity (Wildman–Crippen MR) is 83.4 cm³/mol. The lowest BCUT2D eigenvalue weighted by Gasteiger charge is -2.17. The molecule has 21 heavy (non-hydrogen) atoms. The first-order valence-corrected chi connectivity index (χ1v) is 7.42. The fourth-order valence-corrected chi connectivity index (χ4v) is 3.12. The van der Waals surface area contributed by atoms with Gasteiger partial charge in [-0.3, -0.25) is 4.79 Å². The molecule has 0 saturated carbocycles. The van der Waals surface area contributed by atoms with Crippen molar-refractivity contribution in [2.45, 2.75) is 6.42 Å². The topological polar surface area (TPSA) is 61.9 Å². The van der Waals surface area contributed by atoms with Crippen molar-refractivity contribution < 1.29 is 4.79 Å². The predicted octanol–water partition coefficient (Wildman–Crippen LogP) is 2.92. The average Bonchev–Trinajstić information content (AvgIpc) is 3.11. The Bertz CT molecular complexity index is 858. The smallest absolute Gasteiger partial charge is 0.258 e. The molecule has 1 amide bonds. The van der Waals surface area contributed by atoms with E-state index in [0.29, 0.717) is 17.6 Å². The first-order chi connectivity index (χ1) is 10.2. The Labute approximate surface area is 129 Å². The van der Waals surface area contributed by atoms with Crippen molar-refractivity contribution >= 4 is 38.6 Å². The molecule has 0 radical (unpaired) electrons. The molecule has 0 atom stereocenters. The van der Waals surface area contributed by atoms with E-state index in [9.17, 15) is 4.79 Å². The molecule has 1 N–H and O–H groups in total. The maximum atomic E-state index is 12.7. The third-order valence-corrected chi connectivity index (χ3v) is 4.24. The number of aromatic nitrogens is 3. The molecule has 6 heteroatoms. The Kier molecular flexibility index (Phi) is 2.78.